The van der Waals surface area contributed by atoms with Gasteiger partial charge >= 0.3 is 0 Å². The molecular formula is C16H24N4O. The van der Waals surface area contributed by atoms with E-state index >= 15 is 0 Å². The predicted molar refractivity (Wildman–Crippen MR) is 83.2 cm³/mol. The van der Waals surface area contributed by atoms with Crippen molar-refractivity contribution in [1.82, 2.24) is 10.3 Å². The minimum Gasteiger partial charge on any atom is -0.371 e. The van der Waals surface area contributed by atoms with Gasteiger partial charge in [-0.3, -0.25) is 9.78 Å². The van der Waals surface area contributed by atoms with E-state index in [1.54, 1.807) is 0 Å². The average molecular weight is 288 g/mol. The number of aromatic nitrogens is 1. The molecule has 0 saturated carbocycles. The molecular weight excluding hydrogens is 264 g/mol. The molecule has 0 aromatic carbocycles. The fourth-order valence-electron chi connectivity index (χ4n) is 3.42. The Labute approximate surface area is 125 Å². The number of carbonyl (C=O) groups excluding carboxylic acids is 1. The third-order valence-electron chi connectivity index (χ3n) is 4.71. The summed E-state index contributed by atoms with van der Waals surface area (Å²) in [4.78, 5) is 18.3. The van der Waals surface area contributed by atoms with Gasteiger partial charge in [0, 0.05) is 36.6 Å². The van der Waals surface area contributed by atoms with Crippen molar-refractivity contribution >= 4 is 11.6 Å². The molecule has 0 bridgehead atoms. The molecule has 2 fully saturated rings. The second-order valence-electron chi connectivity index (χ2n) is 6.15. The summed E-state index contributed by atoms with van der Waals surface area (Å²) in [6.45, 7) is 3.89. The molecule has 1 atom stereocenters. The number of carbonyl (C=O) groups is 1. The van der Waals surface area contributed by atoms with Crippen molar-refractivity contribution in [2.45, 2.75) is 31.6 Å². The van der Waals surface area contributed by atoms with Crippen LogP contribution in [-0.2, 0) is 4.79 Å². The smallest absolute Gasteiger partial charge is 0.222 e. The van der Waals surface area contributed by atoms with Crippen molar-refractivity contribution in [2.75, 3.05) is 31.1 Å². The first-order valence-electron chi connectivity index (χ1n) is 7.95. The summed E-state index contributed by atoms with van der Waals surface area (Å²) >= 11 is 0. The number of nitrogens with one attached hydrogen (secondary N) is 1. The van der Waals surface area contributed by atoms with Crippen LogP contribution in [0, 0.1) is 5.92 Å². The van der Waals surface area contributed by atoms with Gasteiger partial charge in [-0.15, -0.1) is 0 Å². The zero-order chi connectivity index (χ0) is 14.7. The van der Waals surface area contributed by atoms with Crippen molar-refractivity contribution in [3.05, 3.63) is 24.0 Å². The van der Waals surface area contributed by atoms with Gasteiger partial charge in [0.25, 0.3) is 0 Å². The van der Waals surface area contributed by atoms with Crippen molar-refractivity contribution in [3.63, 3.8) is 0 Å². The Morgan fingerprint density at radius 3 is 2.90 bits per heavy atom. The van der Waals surface area contributed by atoms with Gasteiger partial charge in [-0.1, -0.05) is 0 Å². The normalized spacial score (nSPS) is 24.0. The Hall–Kier alpha value is -1.62. The first-order valence-corrected chi connectivity index (χ1v) is 7.95. The largest absolute Gasteiger partial charge is 0.371 e. The SMILES string of the molecule is NC(=O)[C@H]1CCCN(c2ccnc(C3CCNCC3)c2)C1. The standard InChI is InChI=1S/C16H24N4O/c17-16(21)13-2-1-9-20(11-13)14-5-8-19-15(10-14)12-3-6-18-7-4-12/h5,8,10,12-13,18H,1-4,6-7,9,11H2,(H2,17,21)/t13-/m0/s1. The number of primary amides is 1. The molecule has 0 unspecified atom stereocenters. The number of nitrogens with zero attached hydrogens (tertiary/aromatic N) is 2. The summed E-state index contributed by atoms with van der Waals surface area (Å²) in [5.74, 6) is 0.365. The molecule has 5 nitrogen and oxygen atoms in total. The van der Waals surface area contributed by atoms with Gasteiger partial charge < -0.3 is 16.0 Å². The van der Waals surface area contributed by atoms with Crippen molar-refractivity contribution in [3.8, 4) is 0 Å². The average Bonchev–Trinajstić information content (AvgIpc) is 2.56. The lowest BCUT2D eigenvalue weighted by atomic mass is 9.93. The van der Waals surface area contributed by atoms with E-state index in [0.29, 0.717) is 5.92 Å². The third-order valence-corrected chi connectivity index (χ3v) is 4.71. The number of piperidine rings is 2. The Morgan fingerprint density at radius 1 is 1.33 bits per heavy atom. The fourth-order valence-corrected chi connectivity index (χ4v) is 3.42. The molecule has 3 heterocycles. The number of anilines is 1. The highest BCUT2D eigenvalue weighted by Crippen LogP contribution is 2.28. The molecule has 2 saturated heterocycles. The summed E-state index contributed by atoms with van der Waals surface area (Å²) in [5, 5.41) is 3.39. The Kier molecular flexibility index (Phi) is 4.39. The van der Waals surface area contributed by atoms with E-state index in [1.807, 2.05) is 12.3 Å². The van der Waals surface area contributed by atoms with Crippen LogP contribution in [0.1, 0.15) is 37.3 Å². The quantitative estimate of drug-likeness (QED) is 0.878. The maximum atomic E-state index is 11.4. The van der Waals surface area contributed by atoms with E-state index in [2.05, 4.69) is 21.3 Å². The lowest BCUT2D eigenvalue weighted by Gasteiger charge is -2.33. The minimum absolute atomic E-state index is 0.0192. The van der Waals surface area contributed by atoms with E-state index < -0.39 is 0 Å². The van der Waals surface area contributed by atoms with E-state index in [9.17, 15) is 4.79 Å². The number of hydrogen-bond acceptors (Lipinski definition) is 4. The van der Waals surface area contributed by atoms with E-state index in [-0.39, 0.29) is 11.8 Å². The zero-order valence-corrected chi connectivity index (χ0v) is 12.4. The van der Waals surface area contributed by atoms with E-state index in [0.717, 1.165) is 51.9 Å². The minimum atomic E-state index is -0.174. The molecule has 3 rings (SSSR count). The van der Waals surface area contributed by atoms with E-state index in [4.69, 9.17) is 5.73 Å². The first kappa shape index (κ1) is 14.3. The highest BCUT2D eigenvalue weighted by molar-refractivity contribution is 5.77. The first-order chi connectivity index (χ1) is 10.2. The van der Waals surface area contributed by atoms with Crippen molar-refractivity contribution < 1.29 is 4.79 Å². The Balaban J connectivity index is 1.74. The van der Waals surface area contributed by atoms with Gasteiger partial charge in [-0.05, 0) is 50.9 Å². The molecule has 114 valence electrons. The highest BCUT2D eigenvalue weighted by Gasteiger charge is 2.25. The van der Waals surface area contributed by atoms with Crippen LogP contribution in [0.5, 0.6) is 0 Å². The molecule has 1 aromatic heterocycles. The molecule has 0 spiro atoms. The molecule has 21 heavy (non-hydrogen) atoms. The Morgan fingerprint density at radius 2 is 2.14 bits per heavy atom. The van der Waals surface area contributed by atoms with Crippen LogP contribution in [0.3, 0.4) is 0 Å². The fraction of sp³-hybridized carbons (Fsp3) is 0.625. The van der Waals surface area contributed by atoms with Crippen LogP contribution in [-0.4, -0.2) is 37.1 Å². The summed E-state index contributed by atoms with van der Waals surface area (Å²) in [7, 11) is 0. The van der Waals surface area contributed by atoms with Crippen LogP contribution in [0.2, 0.25) is 0 Å². The second kappa shape index (κ2) is 6.43. The van der Waals surface area contributed by atoms with Crippen molar-refractivity contribution in [1.29, 1.82) is 0 Å². The summed E-state index contributed by atoms with van der Waals surface area (Å²) in [6, 6.07) is 4.26. The van der Waals surface area contributed by atoms with Crippen LogP contribution < -0.4 is 16.0 Å². The molecule has 2 aliphatic heterocycles. The van der Waals surface area contributed by atoms with Gasteiger partial charge in [-0.2, -0.15) is 0 Å². The van der Waals surface area contributed by atoms with Gasteiger partial charge in [-0.25, -0.2) is 0 Å². The van der Waals surface area contributed by atoms with Gasteiger partial charge in [0.2, 0.25) is 5.91 Å². The number of hydrogen-bond donors (Lipinski definition) is 2. The topological polar surface area (TPSA) is 71.2 Å². The summed E-state index contributed by atoms with van der Waals surface area (Å²) in [6.07, 6.45) is 6.15. The molecule has 1 amide bonds. The maximum absolute atomic E-state index is 11.4. The summed E-state index contributed by atoms with van der Waals surface area (Å²) in [5.41, 5.74) is 7.84. The number of rotatable bonds is 3. The molecule has 3 N–H and O–H groups in total. The molecule has 0 radical (unpaired) electrons. The van der Waals surface area contributed by atoms with E-state index in [1.165, 1.54) is 11.4 Å². The lowest BCUT2D eigenvalue weighted by molar-refractivity contribution is -0.122. The van der Waals surface area contributed by atoms with Crippen LogP contribution in [0.25, 0.3) is 0 Å². The molecule has 0 aliphatic carbocycles. The molecule has 2 aliphatic rings. The molecule has 5 heteroatoms. The Bertz CT molecular complexity index is 499. The maximum Gasteiger partial charge on any atom is 0.222 e. The zero-order valence-electron chi connectivity index (χ0n) is 12.4. The highest BCUT2D eigenvalue weighted by atomic mass is 16.1. The van der Waals surface area contributed by atoms with Crippen LogP contribution >= 0.6 is 0 Å². The van der Waals surface area contributed by atoms with Gasteiger partial charge in [0.15, 0.2) is 0 Å². The number of nitrogens with two attached hydrogens (primary N) is 1. The number of amides is 1. The van der Waals surface area contributed by atoms with Gasteiger partial charge in [0.1, 0.15) is 0 Å². The van der Waals surface area contributed by atoms with Gasteiger partial charge in [0.05, 0.1) is 5.92 Å². The monoisotopic (exact) mass is 288 g/mol. The van der Waals surface area contributed by atoms with Crippen LogP contribution in [0.4, 0.5) is 5.69 Å². The predicted octanol–water partition coefficient (Wildman–Crippen LogP) is 1.25. The summed E-state index contributed by atoms with van der Waals surface area (Å²) < 4.78 is 0. The third kappa shape index (κ3) is 3.35. The lowest BCUT2D eigenvalue weighted by Crippen LogP contribution is -2.41. The second-order valence-corrected chi connectivity index (χ2v) is 6.15. The van der Waals surface area contributed by atoms with Crippen LogP contribution in [0.15, 0.2) is 18.3 Å². The molecule has 1 aromatic rings. The number of pyridine rings is 1. The van der Waals surface area contributed by atoms with Crippen molar-refractivity contribution in [2.24, 2.45) is 11.7 Å².